The van der Waals surface area contributed by atoms with Crippen LogP contribution in [0.5, 0.6) is 11.5 Å². The number of amides is 3. The lowest BCUT2D eigenvalue weighted by Crippen LogP contribution is -2.23. The first-order valence-electron chi connectivity index (χ1n) is 20.2. The Balaban J connectivity index is 1.41. The summed E-state index contributed by atoms with van der Waals surface area (Å²) in [6.07, 6.45) is 4.41. The van der Waals surface area contributed by atoms with Gasteiger partial charge in [0.2, 0.25) is 23.4 Å². The molecule has 0 aliphatic rings. The second kappa shape index (κ2) is 19.8. The maximum Gasteiger partial charge on any atom is 0.317 e. The van der Waals surface area contributed by atoms with E-state index in [4.69, 9.17) is 39.5 Å². The third-order valence-electron chi connectivity index (χ3n) is 9.75. The van der Waals surface area contributed by atoms with Crippen LogP contribution < -0.4 is 31.1 Å². The van der Waals surface area contributed by atoms with Crippen molar-refractivity contribution in [2.45, 2.75) is 86.4 Å². The lowest BCUT2D eigenvalue weighted by atomic mass is 10.1. The zero-order chi connectivity index (χ0) is 45.5. The number of benzene rings is 2. The molecule has 1 atom stereocenters. The number of anilines is 1. The Morgan fingerprint density at radius 1 is 0.905 bits per heavy atom. The van der Waals surface area contributed by atoms with Gasteiger partial charge in [0.15, 0.2) is 22.4 Å². The summed E-state index contributed by atoms with van der Waals surface area (Å²) in [5.74, 6) is -1.14. The molecule has 0 radical (unpaired) electrons. The number of hydrogen-bond donors (Lipinski definition) is 3. The van der Waals surface area contributed by atoms with Gasteiger partial charge < -0.3 is 43.6 Å². The number of nitrogens with zero attached hydrogens (tertiary/aromatic N) is 6. The molecule has 0 bridgehead atoms. The normalized spacial score (nSPS) is 12.3. The molecule has 0 fully saturated rings. The van der Waals surface area contributed by atoms with Crippen molar-refractivity contribution in [3.05, 3.63) is 87.0 Å². The number of oxazole rings is 2. The highest BCUT2D eigenvalue weighted by molar-refractivity contribution is 7.16. The predicted octanol–water partition coefficient (Wildman–Crippen LogP) is 5.38. The number of primary amides is 1. The Labute approximate surface area is 365 Å². The average molecular weight is 884 g/mol. The number of fused-ring (bicyclic) bond motifs is 2. The van der Waals surface area contributed by atoms with Crippen molar-refractivity contribution in [3.8, 4) is 11.5 Å². The highest BCUT2D eigenvalue weighted by Crippen LogP contribution is 2.33. The maximum absolute atomic E-state index is 13.7. The first kappa shape index (κ1) is 45.6. The number of carbonyl (C=O) groups excluding carboxylic acids is 5. The van der Waals surface area contributed by atoms with Crippen molar-refractivity contribution in [1.82, 2.24) is 24.1 Å². The summed E-state index contributed by atoms with van der Waals surface area (Å²) >= 11 is 1.20. The average Bonchev–Trinajstić information content (AvgIpc) is 4.02. The molecule has 6 rings (SSSR count). The number of nitrogens with one attached hydrogen (secondary N) is 1. The Bertz CT molecular complexity index is 2830. The number of methoxy groups -OCH3 is 1. The number of esters is 1. The number of ether oxygens (including phenoxy) is 3. The van der Waals surface area contributed by atoms with Gasteiger partial charge in [-0.3, -0.25) is 29.3 Å². The lowest BCUT2D eigenvalue weighted by Gasteiger charge is -2.13. The van der Waals surface area contributed by atoms with Gasteiger partial charge >= 0.3 is 11.9 Å². The van der Waals surface area contributed by atoms with E-state index in [1.54, 1.807) is 48.1 Å². The molecule has 0 saturated carbocycles. The maximum atomic E-state index is 13.7. The molecule has 4 heterocycles. The summed E-state index contributed by atoms with van der Waals surface area (Å²) in [4.78, 5) is 82.7. The first-order valence-corrected chi connectivity index (χ1v) is 21.0. The van der Waals surface area contributed by atoms with E-state index in [0.717, 1.165) is 0 Å². The van der Waals surface area contributed by atoms with E-state index in [1.165, 1.54) is 37.5 Å². The molecule has 0 saturated heterocycles. The lowest BCUT2D eigenvalue weighted by molar-refractivity contribution is -0.148. The topological polar surface area (TPSA) is 264 Å². The molecule has 4 aromatic heterocycles. The van der Waals surface area contributed by atoms with Gasteiger partial charge in [0, 0.05) is 51.0 Å². The third kappa shape index (κ3) is 10.2. The van der Waals surface area contributed by atoms with Crippen molar-refractivity contribution in [3.63, 3.8) is 0 Å². The van der Waals surface area contributed by atoms with Gasteiger partial charge in [-0.2, -0.15) is 4.99 Å². The number of aryl methyl sites for hydroxylation is 4. The van der Waals surface area contributed by atoms with Crippen LogP contribution >= 0.6 is 11.3 Å². The van der Waals surface area contributed by atoms with Crippen LogP contribution in [0.2, 0.25) is 0 Å². The van der Waals surface area contributed by atoms with E-state index in [-0.39, 0.29) is 79.2 Å². The van der Waals surface area contributed by atoms with E-state index in [0.29, 0.717) is 67.9 Å². The fourth-order valence-corrected chi connectivity index (χ4v) is 7.79. The van der Waals surface area contributed by atoms with Crippen molar-refractivity contribution in [1.29, 1.82) is 0 Å². The molecular formula is C43H49N9O10S. The minimum atomic E-state index is -0.735. The number of rotatable bonds is 19. The summed E-state index contributed by atoms with van der Waals surface area (Å²) in [5.41, 5.74) is 14.1. The van der Waals surface area contributed by atoms with Gasteiger partial charge in [0.05, 0.1) is 35.3 Å². The molecule has 332 valence electrons. The van der Waals surface area contributed by atoms with Crippen molar-refractivity contribution in [2.75, 3.05) is 25.6 Å². The fraction of sp³-hybridized carbons (Fsp3) is 0.372. The molecule has 3 amide bonds. The monoisotopic (exact) mass is 883 g/mol. The Morgan fingerprint density at radius 3 is 2.19 bits per heavy atom. The van der Waals surface area contributed by atoms with Crippen LogP contribution in [-0.2, 0) is 35.5 Å². The molecule has 20 heteroatoms. The molecule has 6 aromatic rings. The molecule has 63 heavy (non-hydrogen) atoms. The van der Waals surface area contributed by atoms with Gasteiger partial charge in [-0.15, -0.1) is 0 Å². The highest BCUT2D eigenvalue weighted by Gasteiger charge is 2.24. The number of hydrogen-bond acceptors (Lipinski definition) is 15. The second-order valence-corrected chi connectivity index (χ2v) is 15.4. The quantitative estimate of drug-likeness (QED) is 0.0399. The largest absolute Gasteiger partial charge is 0.494 e. The van der Waals surface area contributed by atoms with E-state index in [9.17, 15) is 24.0 Å². The molecule has 0 unspecified atom stereocenters. The number of carbonyl (C=O) groups is 5. The van der Waals surface area contributed by atoms with E-state index in [1.807, 2.05) is 19.9 Å². The van der Waals surface area contributed by atoms with Crippen molar-refractivity contribution < 1.29 is 47.0 Å². The molecular weight excluding hydrogens is 835 g/mol. The number of allylic oxidation sites excluding steroid dienone is 2. The van der Waals surface area contributed by atoms with E-state index < -0.39 is 29.8 Å². The van der Waals surface area contributed by atoms with Gasteiger partial charge in [0.25, 0.3) is 5.91 Å². The highest BCUT2D eigenvalue weighted by atomic mass is 32.1. The van der Waals surface area contributed by atoms with Crippen LogP contribution in [0.4, 0.5) is 5.95 Å². The van der Waals surface area contributed by atoms with Crippen LogP contribution in [0.3, 0.4) is 0 Å². The van der Waals surface area contributed by atoms with Crippen LogP contribution in [-0.4, -0.2) is 79.9 Å². The number of thiazole rings is 1. The number of aromatic nitrogens is 5. The number of imidazole rings is 1. The van der Waals surface area contributed by atoms with E-state index in [2.05, 4.69) is 20.3 Å². The smallest absolute Gasteiger partial charge is 0.317 e. The third-order valence-corrected chi connectivity index (χ3v) is 10.8. The zero-order valence-corrected chi connectivity index (χ0v) is 36.8. The minimum Gasteiger partial charge on any atom is -0.494 e. The van der Waals surface area contributed by atoms with Gasteiger partial charge in [-0.05, 0) is 57.4 Å². The van der Waals surface area contributed by atoms with Gasteiger partial charge in [0.1, 0.15) is 28.6 Å². The van der Waals surface area contributed by atoms with Crippen molar-refractivity contribution in [2.24, 2.45) is 16.5 Å². The van der Waals surface area contributed by atoms with Gasteiger partial charge in [-0.25, -0.2) is 15.0 Å². The first-order chi connectivity index (χ1) is 30.1. The SMILES string of the molecule is CCc1nc(C)oc1C(=O)/N=c1\sc2cc(C(C)=O)cc(OC)c2n1C/C=C/Cn1c(NC(=O)c2oc(C)nc2CC)nc2cc(C(N)=O)cc(OCCCC(=O)O[C@@H](C)CN)c21. The molecule has 0 spiro atoms. The second-order valence-electron chi connectivity index (χ2n) is 14.4. The fourth-order valence-electron chi connectivity index (χ4n) is 6.69. The summed E-state index contributed by atoms with van der Waals surface area (Å²) in [7, 11) is 1.49. The van der Waals surface area contributed by atoms with Crippen LogP contribution in [0.25, 0.3) is 21.3 Å². The number of Topliss-reactive ketones (excluding diaryl/α,β-unsaturated/α-hetero) is 1. The summed E-state index contributed by atoms with van der Waals surface area (Å²) < 4.78 is 32.6. The van der Waals surface area contributed by atoms with Crippen LogP contribution in [0.1, 0.15) is 106 Å². The summed E-state index contributed by atoms with van der Waals surface area (Å²) in [5, 5.41) is 2.84. The molecule has 0 aliphatic carbocycles. The molecule has 0 aliphatic heterocycles. The summed E-state index contributed by atoms with van der Waals surface area (Å²) in [6, 6.07) is 6.32. The number of ketones is 1. The standard InChI is InChI=1S/C43H49N9O10S/c1-8-28-37(61-24(5)46-28)40(56)49-42-48-30-17-27(39(45)55)19-32(59-16-12-13-34(54)60-22(3)21-44)35(30)51(42)14-10-11-15-52-36-31(58-7)18-26(23(4)53)20-33(36)63-43(52)50-41(57)38-29(9-2)47-25(6)62-38/h10-11,17-20,22H,8-9,12-16,21,44H2,1-7H3,(H2,45,55)(H,48,49,56)/b11-10+,50-43-/t22-/m0/s1. The summed E-state index contributed by atoms with van der Waals surface area (Å²) in [6.45, 7) is 10.6. The molecule has 2 aromatic carbocycles. The predicted molar refractivity (Wildman–Crippen MR) is 232 cm³/mol. The van der Waals surface area contributed by atoms with Crippen molar-refractivity contribution >= 4 is 68.0 Å². The number of nitrogens with two attached hydrogens (primary N) is 2. The van der Waals surface area contributed by atoms with E-state index >= 15 is 0 Å². The van der Waals surface area contributed by atoms with Crippen LogP contribution in [0, 0.1) is 13.8 Å². The minimum absolute atomic E-state index is 0.0225. The molecule has 19 nitrogen and oxygen atoms in total. The Hall–Kier alpha value is -6.93. The Kier molecular flexibility index (Phi) is 14.4. The zero-order valence-electron chi connectivity index (χ0n) is 36.0. The van der Waals surface area contributed by atoms with Crippen LogP contribution in [0.15, 0.2) is 50.2 Å². The van der Waals surface area contributed by atoms with Gasteiger partial charge in [-0.1, -0.05) is 37.3 Å². The molecule has 5 N–H and O–H groups in total. The Morgan fingerprint density at radius 2 is 1.56 bits per heavy atom.